The second-order valence-electron chi connectivity index (χ2n) is 4.68. The third-order valence-corrected chi connectivity index (χ3v) is 4.02. The topological polar surface area (TPSA) is 83.0 Å². The van der Waals surface area contributed by atoms with E-state index in [4.69, 9.17) is 10.5 Å². The van der Waals surface area contributed by atoms with E-state index in [9.17, 15) is 4.79 Å². The number of carbonyl (C=O) groups excluding carboxylic acids is 1. The summed E-state index contributed by atoms with van der Waals surface area (Å²) in [5.41, 5.74) is 6.20. The normalized spacial score (nSPS) is 12.1. The van der Waals surface area contributed by atoms with Gasteiger partial charge in [-0.3, -0.25) is 4.79 Å². The minimum atomic E-state index is -0.381. The molecule has 0 fully saturated rings. The molecule has 1 aromatic heterocycles. The van der Waals surface area contributed by atoms with Crippen LogP contribution in [0.3, 0.4) is 0 Å². The van der Waals surface area contributed by atoms with Gasteiger partial charge in [0.15, 0.2) is 17.1 Å². The largest absolute Gasteiger partial charge is 0.482 e. The van der Waals surface area contributed by atoms with E-state index in [0.717, 1.165) is 11.3 Å². The van der Waals surface area contributed by atoms with E-state index < -0.39 is 0 Å². The summed E-state index contributed by atoms with van der Waals surface area (Å²) in [6, 6.07) is 7.81. The second-order valence-corrected chi connectivity index (χ2v) is 5.62. The highest BCUT2D eigenvalue weighted by molar-refractivity contribution is 7.99. The summed E-state index contributed by atoms with van der Waals surface area (Å²) in [7, 11) is 1.84. The summed E-state index contributed by atoms with van der Waals surface area (Å²) < 4.78 is 7.74. The Labute approximate surface area is 127 Å². The molecule has 2 N–H and O–H groups in total. The first-order chi connectivity index (χ1) is 9.99. The maximum Gasteiger partial charge on any atom is 0.227 e. The number of para-hydroxylation sites is 1. The van der Waals surface area contributed by atoms with Gasteiger partial charge in [-0.15, -0.1) is 10.2 Å². The van der Waals surface area contributed by atoms with Crippen molar-refractivity contribution in [1.29, 1.82) is 0 Å². The number of aromatic nitrogens is 3. The van der Waals surface area contributed by atoms with Crippen LogP contribution in [0, 0.1) is 6.92 Å². The third-order valence-electron chi connectivity index (χ3n) is 2.97. The molecular weight excluding hydrogens is 288 g/mol. The molecule has 1 heterocycles. The number of ether oxygens (including phenoxy) is 1. The number of nitrogens with two attached hydrogens (primary N) is 1. The zero-order valence-corrected chi connectivity index (χ0v) is 13.1. The van der Waals surface area contributed by atoms with Crippen LogP contribution in [0.2, 0.25) is 0 Å². The van der Waals surface area contributed by atoms with E-state index in [1.54, 1.807) is 0 Å². The quantitative estimate of drug-likeness (QED) is 0.823. The Bertz CT molecular complexity index is 642. The smallest absolute Gasteiger partial charge is 0.227 e. The maximum atomic E-state index is 10.8. The molecule has 112 valence electrons. The minimum Gasteiger partial charge on any atom is -0.482 e. The van der Waals surface area contributed by atoms with E-state index in [-0.39, 0.29) is 17.8 Å². The molecule has 0 saturated heterocycles. The van der Waals surface area contributed by atoms with E-state index >= 15 is 0 Å². The molecule has 0 saturated carbocycles. The predicted octanol–water partition coefficient (Wildman–Crippen LogP) is 1.84. The summed E-state index contributed by atoms with van der Waals surface area (Å²) in [5, 5.41) is 8.84. The van der Waals surface area contributed by atoms with Crippen molar-refractivity contribution in [3.63, 3.8) is 0 Å². The Balaban J connectivity index is 2.11. The highest BCUT2D eigenvalue weighted by Gasteiger charge is 2.18. The van der Waals surface area contributed by atoms with Crippen molar-refractivity contribution in [1.82, 2.24) is 14.8 Å². The molecule has 0 aliphatic heterocycles. The summed E-state index contributed by atoms with van der Waals surface area (Å²) in [4.78, 5) is 10.8. The van der Waals surface area contributed by atoms with Gasteiger partial charge >= 0.3 is 0 Å². The number of hydrogen-bond acceptors (Lipinski definition) is 5. The number of carbonyl (C=O) groups is 1. The monoisotopic (exact) mass is 306 g/mol. The molecule has 0 aliphatic rings. The fourth-order valence-electron chi connectivity index (χ4n) is 1.87. The van der Waals surface area contributed by atoms with Gasteiger partial charge < -0.3 is 15.0 Å². The van der Waals surface area contributed by atoms with Crippen LogP contribution in [0.4, 0.5) is 0 Å². The van der Waals surface area contributed by atoms with E-state index in [2.05, 4.69) is 10.2 Å². The van der Waals surface area contributed by atoms with Crippen molar-refractivity contribution in [2.24, 2.45) is 12.8 Å². The number of rotatable bonds is 6. The molecule has 2 aromatic rings. The average molecular weight is 306 g/mol. The molecule has 1 aromatic carbocycles. The van der Waals surface area contributed by atoms with Crippen LogP contribution in [-0.4, -0.2) is 26.4 Å². The molecule has 6 nitrogen and oxygen atoms in total. The minimum absolute atomic E-state index is 0.180. The average Bonchev–Trinajstić information content (AvgIpc) is 2.80. The Hall–Kier alpha value is -2.02. The summed E-state index contributed by atoms with van der Waals surface area (Å²) in [5.74, 6) is 1.32. The highest BCUT2D eigenvalue weighted by atomic mass is 32.2. The fourth-order valence-corrected chi connectivity index (χ4v) is 2.53. The molecule has 0 radical (unpaired) electrons. The lowest BCUT2D eigenvalue weighted by molar-refractivity contribution is -0.115. The van der Waals surface area contributed by atoms with Crippen molar-refractivity contribution in [3.05, 3.63) is 35.7 Å². The Morgan fingerprint density at radius 1 is 1.43 bits per heavy atom. The molecule has 0 aliphatic carbocycles. The fraction of sp³-hybridized carbons (Fsp3) is 0.357. The summed E-state index contributed by atoms with van der Waals surface area (Å²) >= 11 is 1.26. The van der Waals surface area contributed by atoms with Crippen molar-refractivity contribution in [2.75, 3.05) is 5.75 Å². The molecule has 0 unspecified atom stereocenters. The van der Waals surface area contributed by atoms with Crippen molar-refractivity contribution in [3.8, 4) is 5.75 Å². The number of thioether (sulfide) groups is 1. The van der Waals surface area contributed by atoms with Gasteiger partial charge in [-0.2, -0.15) is 0 Å². The van der Waals surface area contributed by atoms with Crippen LogP contribution in [0.1, 0.15) is 24.4 Å². The number of amides is 1. The SMILES string of the molecule is Cc1ccccc1O[C@@H](C)c1nnc(SCC(N)=O)n1C. The molecular formula is C14H18N4O2S. The summed E-state index contributed by atoms with van der Waals surface area (Å²) in [6.45, 7) is 3.91. The second kappa shape index (κ2) is 6.62. The van der Waals surface area contributed by atoms with Crippen LogP contribution in [0.5, 0.6) is 5.75 Å². The van der Waals surface area contributed by atoms with Crippen molar-refractivity contribution >= 4 is 17.7 Å². The molecule has 2 rings (SSSR count). The lowest BCUT2D eigenvalue weighted by Gasteiger charge is -2.15. The number of nitrogens with zero attached hydrogens (tertiary/aromatic N) is 3. The number of hydrogen-bond donors (Lipinski definition) is 1. The zero-order chi connectivity index (χ0) is 15.4. The van der Waals surface area contributed by atoms with Gasteiger partial charge in [-0.05, 0) is 25.5 Å². The first-order valence-electron chi connectivity index (χ1n) is 6.51. The summed E-state index contributed by atoms with van der Waals surface area (Å²) in [6.07, 6.45) is -0.244. The number of primary amides is 1. The van der Waals surface area contributed by atoms with Gasteiger partial charge in [0, 0.05) is 7.05 Å². The van der Waals surface area contributed by atoms with E-state index in [1.807, 2.05) is 49.7 Å². The number of aryl methyl sites for hydroxylation is 1. The first kappa shape index (κ1) is 15.4. The first-order valence-corrected chi connectivity index (χ1v) is 7.50. The lowest BCUT2D eigenvalue weighted by Crippen LogP contribution is -2.14. The molecule has 1 amide bonds. The number of benzene rings is 1. The molecule has 7 heteroatoms. The third kappa shape index (κ3) is 3.75. The molecule has 1 atom stereocenters. The van der Waals surface area contributed by atoms with Crippen LogP contribution in [0.25, 0.3) is 0 Å². The van der Waals surface area contributed by atoms with Crippen LogP contribution < -0.4 is 10.5 Å². The van der Waals surface area contributed by atoms with Gasteiger partial charge in [0.05, 0.1) is 5.75 Å². The lowest BCUT2D eigenvalue weighted by atomic mass is 10.2. The van der Waals surface area contributed by atoms with Crippen LogP contribution >= 0.6 is 11.8 Å². The molecule has 21 heavy (non-hydrogen) atoms. The van der Waals surface area contributed by atoms with Crippen LogP contribution in [0.15, 0.2) is 29.4 Å². The van der Waals surface area contributed by atoms with Gasteiger partial charge in [0.25, 0.3) is 0 Å². The Morgan fingerprint density at radius 3 is 2.81 bits per heavy atom. The van der Waals surface area contributed by atoms with E-state index in [1.165, 1.54) is 11.8 Å². The van der Waals surface area contributed by atoms with Gasteiger partial charge in [0.2, 0.25) is 5.91 Å². The molecule has 0 spiro atoms. The van der Waals surface area contributed by atoms with Crippen LogP contribution in [-0.2, 0) is 11.8 Å². The van der Waals surface area contributed by atoms with Crippen molar-refractivity contribution < 1.29 is 9.53 Å². The Kier molecular flexibility index (Phi) is 4.85. The van der Waals surface area contributed by atoms with Crippen molar-refractivity contribution in [2.45, 2.75) is 25.1 Å². The molecule has 0 bridgehead atoms. The zero-order valence-electron chi connectivity index (χ0n) is 12.2. The standard InChI is InChI=1S/C14H18N4O2S/c1-9-6-4-5-7-11(9)20-10(2)13-16-17-14(18(13)3)21-8-12(15)19/h4-7,10H,8H2,1-3H3,(H2,15,19)/t10-/m0/s1. The van der Waals surface area contributed by atoms with Gasteiger partial charge in [-0.25, -0.2) is 0 Å². The maximum absolute atomic E-state index is 10.8. The van der Waals surface area contributed by atoms with E-state index in [0.29, 0.717) is 11.0 Å². The van der Waals surface area contributed by atoms with Gasteiger partial charge in [0.1, 0.15) is 5.75 Å². The predicted molar refractivity (Wildman–Crippen MR) is 81.1 cm³/mol. The van der Waals surface area contributed by atoms with Gasteiger partial charge in [-0.1, -0.05) is 30.0 Å². The Morgan fingerprint density at radius 2 is 2.14 bits per heavy atom. The highest BCUT2D eigenvalue weighted by Crippen LogP contribution is 2.25.